The maximum Gasteiger partial charge on any atom is 0.410 e. The number of sulfone groups is 1. The molecule has 158 valence electrons. The minimum atomic E-state index is -3.26. The molecule has 1 N–H and O–H groups in total. The second-order valence-corrected chi connectivity index (χ2v) is 10.1. The van der Waals surface area contributed by atoms with Gasteiger partial charge in [-0.25, -0.2) is 13.2 Å². The Hall–Kier alpha value is -2.62. The van der Waals surface area contributed by atoms with Crippen LogP contribution in [-0.2, 0) is 14.6 Å². The largest absolute Gasteiger partial charge is 0.444 e. The zero-order chi connectivity index (χ0) is 21.2. The van der Waals surface area contributed by atoms with Gasteiger partial charge in [0.2, 0.25) is 5.82 Å². The summed E-state index contributed by atoms with van der Waals surface area (Å²) in [5.41, 5.74) is 0.108. The maximum absolute atomic E-state index is 12.4. The summed E-state index contributed by atoms with van der Waals surface area (Å²) < 4.78 is 33.8. The molecule has 10 heteroatoms. The molecule has 0 aliphatic carbocycles. The van der Waals surface area contributed by atoms with E-state index in [0.29, 0.717) is 24.5 Å². The molecule has 1 aromatic carbocycles. The number of carbonyl (C=O) groups is 1. The number of amides is 1. The van der Waals surface area contributed by atoms with Gasteiger partial charge in [-0.05, 0) is 57.9 Å². The van der Waals surface area contributed by atoms with E-state index in [2.05, 4.69) is 15.5 Å². The van der Waals surface area contributed by atoms with Crippen LogP contribution in [0.25, 0.3) is 11.4 Å². The highest BCUT2D eigenvalue weighted by Crippen LogP contribution is 2.23. The minimum Gasteiger partial charge on any atom is -0.444 e. The average Bonchev–Trinajstić information content (AvgIpc) is 3.27. The lowest BCUT2D eigenvalue weighted by atomic mass is 10.2. The van der Waals surface area contributed by atoms with E-state index in [9.17, 15) is 13.2 Å². The van der Waals surface area contributed by atoms with E-state index in [1.165, 1.54) is 12.1 Å². The van der Waals surface area contributed by atoms with Crippen LogP contribution < -0.4 is 5.32 Å². The zero-order valence-electron chi connectivity index (χ0n) is 17.0. The molecule has 0 saturated carbocycles. The first kappa shape index (κ1) is 21.1. The van der Waals surface area contributed by atoms with Gasteiger partial charge in [0, 0.05) is 24.9 Å². The van der Waals surface area contributed by atoms with Crippen molar-refractivity contribution in [2.45, 2.75) is 50.2 Å². The van der Waals surface area contributed by atoms with E-state index in [0.717, 1.165) is 19.1 Å². The van der Waals surface area contributed by atoms with Gasteiger partial charge >= 0.3 is 12.1 Å². The third-order valence-electron chi connectivity index (χ3n) is 4.46. The van der Waals surface area contributed by atoms with Gasteiger partial charge in [-0.3, -0.25) is 0 Å². The van der Waals surface area contributed by atoms with Gasteiger partial charge in [-0.15, -0.1) is 0 Å². The van der Waals surface area contributed by atoms with E-state index in [4.69, 9.17) is 9.26 Å². The Labute approximate surface area is 170 Å². The lowest BCUT2D eigenvalue weighted by molar-refractivity contribution is 0.0234. The molecule has 1 saturated heterocycles. The summed E-state index contributed by atoms with van der Waals surface area (Å²) in [5, 5.41) is 7.00. The van der Waals surface area contributed by atoms with Crippen molar-refractivity contribution < 1.29 is 22.5 Å². The maximum atomic E-state index is 12.4. The molecule has 1 fully saturated rings. The van der Waals surface area contributed by atoms with Crippen molar-refractivity contribution in [3.8, 4) is 11.4 Å². The van der Waals surface area contributed by atoms with Crippen molar-refractivity contribution >= 4 is 21.9 Å². The molecule has 2 aromatic rings. The number of likely N-dealkylation sites (tertiary alicyclic amines) is 1. The van der Waals surface area contributed by atoms with E-state index < -0.39 is 15.4 Å². The molecule has 9 nitrogen and oxygen atoms in total. The molecule has 0 spiro atoms. The Kier molecular flexibility index (Phi) is 5.83. The number of nitrogens with zero attached hydrogens (tertiary/aromatic N) is 3. The predicted molar refractivity (Wildman–Crippen MR) is 107 cm³/mol. The number of rotatable bonds is 5. The molecule has 0 bridgehead atoms. The van der Waals surface area contributed by atoms with Crippen molar-refractivity contribution in [1.29, 1.82) is 0 Å². The number of carbonyl (C=O) groups excluding carboxylic acids is 1. The first-order valence-electron chi connectivity index (χ1n) is 9.41. The topological polar surface area (TPSA) is 115 Å². The third-order valence-corrected chi connectivity index (χ3v) is 5.59. The molecule has 1 amide bonds. The molecule has 0 radical (unpaired) electrons. The number of hydrogen-bond donors (Lipinski definition) is 1. The van der Waals surface area contributed by atoms with Crippen LogP contribution >= 0.6 is 0 Å². The second-order valence-electron chi connectivity index (χ2n) is 8.07. The molecule has 1 aliphatic rings. The lowest BCUT2D eigenvalue weighted by Crippen LogP contribution is -2.42. The first-order valence-corrected chi connectivity index (χ1v) is 11.3. The first-order chi connectivity index (χ1) is 13.5. The summed E-state index contributed by atoms with van der Waals surface area (Å²) in [6.45, 7) is 6.65. The summed E-state index contributed by atoms with van der Waals surface area (Å²) in [6, 6.07) is 6.49. The van der Waals surface area contributed by atoms with Crippen molar-refractivity contribution in [3.63, 3.8) is 0 Å². The molecule has 29 heavy (non-hydrogen) atoms. The molecule has 1 atom stereocenters. The van der Waals surface area contributed by atoms with Crippen molar-refractivity contribution in [2.75, 3.05) is 24.7 Å². The van der Waals surface area contributed by atoms with Crippen molar-refractivity contribution in [3.05, 3.63) is 24.3 Å². The minimum absolute atomic E-state index is 0.0192. The molecule has 1 aliphatic heterocycles. The molecular weight excluding hydrogens is 396 g/mol. The fourth-order valence-corrected chi connectivity index (χ4v) is 3.71. The van der Waals surface area contributed by atoms with Gasteiger partial charge in [0.05, 0.1) is 10.9 Å². The van der Waals surface area contributed by atoms with Crippen LogP contribution in [0, 0.1) is 0 Å². The normalized spacial score (nSPS) is 17.4. The Morgan fingerprint density at radius 3 is 2.62 bits per heavy atom. The van der Waals surface area contributed by atoms with Crippen molar-refractivity contribution in [1.82, 2.24) is 15.0 Å². The van der Waals surface area contributed by atoms with Gasteiger partial charge in [0.15, 0.2) is 9.84 Å². The van der Waals surface area contributed by atoms with Gasteiger partial charge in [-0.1, -0.05) is 5.16 Å². The van der Waals surface area contributed by atoms with E-state index >= 15 is 0 Å². The summed E-state index contributed by atoms with van der Waals surface area (Å²) in [7, 11) is -3.26. The molecule has 2 heterocycles. The number of nitrogens with one attached hydrogen (secondary N) is 1. The van der Waals surface area contributed by atoms with E-state index in [-0.39, 0.29) is 23.0 Å². The number of benzene rings is 1. The van der Waals surface area contributed by atoms with Gasteiger partial charge in [-0.2, -0.15) is 4.98 Å². The highest BCUT2D eigenvalue weighted by molar-refractivity contribution is 7.90. The Morgan fingerprint density at radius 2 is 2.00 bits per heavy atom. The van der Waals surface area contributed by atoms with Crippen LogP contribution in [0.2, 0.25) is 0 Å². The van der Waals surface area contributed by atoms with Crippen molar-refractivity contribution in [2.24, 2.45) is 0 Å². The monoisotopic (exact) mass is 422 g/mol. The quantitative estimate of drug-likeness (QED) is 0.782. The van der Waals surface area contributed by atoms with E-state index in [1.54, 1.807) is 17.0 Å². The summed E-state index contributed by atoms with van der Waals surface area (Å²) >= 11 is 0. The van der Waals surface area contributed by atoms with Crippen LogP contribution in [0.4, 0.5) is 10.8 Å². The zero-order valence-corrected chi connectivity index (χ0v) is 17.8. The second kappa shape index (κ2) is 8.02. The van der Waals surface area contributed by atoms with Gasteiger partial charge < -0.3 is 19.5 Å². The summed E-state index contributed by atoms with van der Waals surface area (Å²) in [5.74, 6) is 0.350. The summed E-state index contributed by atoms with van der Waals surface area (Å²) in [4.78, 5) is 18.6. The average molecular weight is 423 g/mol. The Balaban J connectivity index is 1.61. The summed E-state index contributed by atoms with van der Waals surface area (Å²) in [6.07, 6.45) is 2.61. The lowest BCUT2D eigenvalue weighted by Gasteiger charge is -2.28. The Bertz CT molecular complexity index is 963. The van der Waals surface area contributed by atoms with E-state index in [1.807, 2.05) is 20.8 Å². The van der Waals surface area contributed by atoms with Gasteiger partial charge in [0.1, 0.15) is 5.60 Å². The van der Waals surface area contributed by atoms with Crippen LogP contribution in [0.1, 0.15) is 33.6 Å². The SMILES string of the molecule is CC(C)(C)OC(=O)N1CCC[C@H]1CNc1nc(-c2ccc(S(C)(=O)=O)cc2)no1. The fraction of sp³-hybridized carbons (Fsp3) is 0.526. The van der Waals surface area contributed by atoms with Gasteiger partial charge in [0.25, 0.3) is 0 Å². The van der Waals surface area contributed by atoms with Crippen LogP contribution in [0.5, 0.6) is 0 Å². The highest BCUT2D eigenvalue weighted by atomic mass is 32.2. The van der Waals surface area contributed by atoms with Crippen LogP contribution in [0.3, 0.4) is 0 Å². The highest BCUT2D eigenvalue weighted by Gasteiger charge is 2.32. The number of hydrogen-bond acceptors (Lipinski definition) is 8. The predicted octanol–water partition coefficient (Wildman–Crippen LogP) is 2.95. The van der Waals surface area contributed by atoms with Crippen LogP contribution in [0.15, 0.2) is 33.7 Å². The Morgan fingerprint density at radius 1 is 1.31 bits per heavy atom. The number of ether oxygens (including phenoxy) is 1. The molecule has 0 unspecified atom stereocenters. The fourth-order valence-electron chi connectivity index (χ4n) is 3.08. The smallest absolute Gasteiger partial charge is 0.410 e. The van der Waals surface area contributed by atoms with Crippen LogP contribution in [-0.4, -0.2) is 60.5 Å². The third kappa shape index (κ3) is 5.47. The molecule has 1 aromatic heterocycles. The number of aromatic nitrogens is 2. The standard InChI is InChI=1S/C19H26N4O5S/c1-19(2,3)27-18(24)23-11-5-6-14(23)12-20-17-21-16(22-28-17)13-7-9-15(10-8-13)29(4,25)26/h7-10,14H,5-6,11-12H2,1-4H3,(H,20,21,22)/t14-/m0/s1. The molecular formula is C19H26N4O5S. The number of anilines is 1. The molecule has 3 rings (SSSR count).